The Morgan fingerprint density at radius 2 is 1.75 bits per heavy atom. The Kier molecular flexibility index (Phi) is 3.79. The van der Waals surface area contributed by atoms with Gasteiger partial charge in [-0.05, 0) is 30.9 Å². The lowest BCUT2D eigenvalue weighted by atomic mass is 9.93. The number of nitrogens with one attached hydrogen (secondary N) is 1. The predicted molar refractivity (Wildman–Crippen MR) is 81.4 cm³/mol. The molecule has 1 N–H and O–H groups in total. The van der Waals surface area contributed by atoms with Crippen LogP contribution in [0.5, 0.6) is 0 Å². The summed E-state index contributed by atoms with van der Waals surface area (Å²) < 4.78 is 55.6. The zero-order chi connectivity index (χ0) is 17.7. The smallest absolute Gasteiger partial charge is 0.287 e. The van der Waals surface area contributed by atoms with Crippen molar-refractivity contribution >= 4 is 16.7 Å². The Morgan fingerprint density at radius 1 is 1.12 bits per heavy atom. The molecule has 24 heavy (non-hydrogen) atoms. The second-order valence-corrected chi connectivity index (χ2v) is 6.52. The van der Waals surface area contributed by atoms with Crippen LogP contribution < -0.4 is 5.43 Å². The van der Waals surface area contributed by atoms with Crippen molar-refractivity contribution in [1.29, 1.82) is 0 Å². The molecule has 0 aromatic heterocycles. The van der Waals surface area contributed by atoms with E-state index in [0.29, 0.717) is 0 Å². The summed E-state index contributed by atoms with van der Waals surface area (Å²) in [5.41, 5.74) is 1.20. The van der Waals surface area contributed by atoms with Crippen LogP contribution in [0.25, 0.3) is 10.8 Å². The van der Waals surface area contributed by atoms with Gasteiger partial charge in [-0.25, -0.2) is 4.39 Å². The predicted octanol–water partition coefficient (Wildman–Crippen LogP) is 4.10. The first-order valence-corrected chi connectivity index (χ1v) is 7.44. The maximum Gasteiger partial charge on any atom is 0.409 e. The van der Waals surface area contributed by atoms with Gasteiger partial charge in [-0.3, -0.25) is 10.2 Å². The Labute approximate surface area is 136 Å². The van der Waals surface area contributed by atoms with E-state index in [9.17, 15) is 22.4 Å². The van der Waals surface area contributed by atoms with Crippen LogP contribution >= 0.6 is 0 Å². The molecule has 7 heteroatoms. The van der Waals surface area contributed by atoms with E-state index in [4.69, 9.17) is 0 Å². The van der Waals surface area contributed by atoms with Gasteiger partial charge in [-0.15, -0.1) is 0 Å². The molecular formula is C17H16F4N2O. The molecule has 3 nitrogen and oxygen atoms in total. The van der Waals surface area contributed by atoms with Crippen molar-refractivity contribution < 1.29 is 22.4 Å². The summed E-state index contributed by atoms with van der Waals surface area (Å²) in [5, 5.41) is 1.22. The number of alkyl halides is 3. The third kappa shape index (κ3) is 2.73. The van der Waals surface area contributed by atoms with Crippen LogP contribution in [-0.4, -0.2) is 22.6 Å². The molecule has 1 amide bonds. The molecule has 2 aromatic rings. The van der Waals surface area contributed by atoms with Crippen molar-refractivity contribution in [3.05, 3.63) is 47.8 Å². The van der Waals surface area contributed by atoms with Crippen LogP contribution in [0, 0.1) is 5.82 Å². The topological polar surface area (TPSA) is 32.3 Å². The summed E-state index contributed by atoms with van der Waals surface area (Å²) in [5.74, 6) is -1.05. The van der Waals surface area contributed by atoms with Gasteiger partial charge in [-0.1, -0.05) is 30.3 Å². The van der Waals surface area contributed by atoms with E-state index in [0.717, 1.165) is 17.1 Å². The zero-order valence-electron chi connectivity index (χ0n) is 13.1. The second kappa shape index (κ2) is 5.44. The summed E-state index contributed by atoms with van der Waals surface area (Å²) in [6.07, 6.45) is -4.69. The fraction of sp³-hybridized carbons (Fsp3) is 0.353. The van der Waals surface area contributed by atoms with Gasteiger partial charge in [-0.2, -0.15) is 18.2 Å². The number of amides is 1. The summed E-state index contributed by atoms with van der Waals surface area (Å²) in [6.45, 7) is 3.13. The Bertz CT molecular complexity index is 801. The molecule has 0 radical (unpaired) electrons. The minimum atomic E-state index is -4.64. The molecule has 1 saturated heterocycles. The molecule has 0 bridgehead atoms. The summed E-state index contributed by atoms with van der Waals surface area (Å²) in [4.78, 5) is 11.7. The summed E-state index contributed by atoms with van der Waals surface area (Å²) in [7, 11) is 0. The molecule has 0 saturated carbocycles. The molecule has 1 fully saturated rings. The van der Waals surface area contributed by atoms with Crippen molar-refractivity contribution in [3.63, 3.8) is 0 Å². The van der Waals surface area contributed by atoms with Crippen molar-refractivity contribution in [2.75, 3.05) is 0 Å². The highest BCUT2D eigenvalue weighted by molar-refractivity contribution is 5.87. The van der Waals surface area contributed by atoms with Crippen LogP contribution in [0.3, 0.4) is 0 Å². The molecule has 1 aliphatic heterocycles. The molecule has 128 valence electrons. The lowest BCUT2D eigenvalue weighted by Crippen LogP contribution is -2.51. The molecule has 0 aliphatic carbocycles. The highest BCUT2D eigenvalue weighted by Gasteiger charge is 2.53. The summed E-state index contributed by atoms with van der Waals surface area (Å²) in [6, 6.07) is 6.13. The first-order valence-electron chi connectivity index (χ1n) is 7.44. The van der Waals surface area contributed by atoms with Crippen LogP contribution in [-0.2, 0) is 4.79 Å². The lowest BCUT2D eigenvalue weighted by Gasteiger charge is -2.38. The van der Waals surface area contributed by atoms with Gasteiger partial charge in [0.1, 0.15) is 5.82 Å². The molecule has 2 aromatic carbocycles. The van der Waals surface area contributed by atoms with E-state index in [1.54, 1.807) is 26.0 Å². The SMILES string of the molecule is CC1(C)CC(=O)NN1C(c1ccc(F)c2ccccc12)C(F)(F)F. The molecule has 1 unspecified atom stereocenters. The van der Waals surface area contributed by atoms with E-state index in [2.05, 4.69) is 5.43 Å². The first-order chi connectivity index (χ1) is 11.1. The van der Waals surface area contributed by atoms with E-state index in [1.807, 2.05) is 0 Å². The zero-order valence-corrected chi connectivity index (χ0v) is 13.1. The van der Waals surface area contributed by atoms with Crippen molar-refractivity contribution in [3.8, 4) is 0 Å². The van der Waals surface area contributed by atoms with E-state index < -0.39 is 29.5 Å². The number of hydrogen-bond donors (Lipinski definition) is 1. The van der Waals surface area contributed by atoms with Crippen molar-refractivity contribution in [1.82, 2.24) is 10.4 Å². The average molecular weight is 340 g/mol. The van der Waals surface area contributed by atoms with Gasteiger partial charge >= 0.3 is 6.18 Å². The summed E-state index contributed by atoms with van der Waals surface area (Å²) >= 11 is 0. The van der Waals surface area contributed by atoms with Crippen LogP contribution in [0.4, 0.5) is 17.6 Å². The van der Waals surface area contributed by atoms with E-state index >= 15 is 0 Å². The van der Waals surface area contributed by atoms with Gasteiger partial charge in [0.2, 0.25) is 5.91 Å². The largest absolute Gasteiger partial charge is 0.409 e. The second-order valence-electron chi connectivity index (χ2n) is 6.52. The van der Waals surface area contributed by atoms with Gasteiger partial charge < -0.3 is 0 Å². The number of halogens is 4. The molecule has 1 aliphatic rings. The van der Waals surface area contributed by atoms with Gasteiger partial charge in [0.05, 0.1) is 0 Å². The van der Waals surface area contributed by atoms with Gasteiger partial charge in [0.15, 0.2) is 6.04 Å². The van der Waals surface area contributed by atoms with E-state index in [1.165, 1.54) is 12.1 Å². The molecule has 0 spiro atoms. The fourth-order valence-corrected chi connectivity index (χ4v) is 3.20. The van der Waals surface area contributed by atoms with Gasteiger partial charge in [0.25, 0.3) is 0 Å². The maximum atomic E-state index is 14.0. The third-order valence-electron chi connectivity index (χ3n) is 4.26. The molecule has 1 atom stereocenters. The van der Waals surface area contributed by atoms with E-state index in [-0.39, 0.29) is 22.8 Å². The fourth-order valence-electron chi connectivity index (χ4n) is 3.20. The standard InChI is InChI=1S/C17H16F4N2O/c1-16(2)9-14(24)22-23(16)15(17(19,20)21)12-7-8-13(18)11-6-4-3-5-10(11)12/h3-8,15H,9H2,1-2H3,(H,22,24). The number of carbonyl (C=O) groups is 1. The Balaban J connectivity index is 2.22. The normalized spacial score (nSPS) is 19.5. The number of nitrogens with zero attached hydrogens (tertiary/aromatic N) is 1. The number of rotatable bonds is 2. The number of fused-ring (bicyclic) bond motifs is 1. The monoisotopic (exact) mass is 340 g/mol. The van der Waals surface area contributed by atoms with Crippen LogP contribution in [0.15, 0.2) is 36.4 Å². The van der Waals surface area contributed by atoms with Crippen LogP contribution in [0.1, 0.15) is 31.9 Å². The third-order valence-corrected chi connectivity index (χ3v) is 4.26. The molecular weight excluding hydrogens is 324 g/mol. The Morgan fingerprint density at radius 3 is 2.29 bits per heavy atom. The average Bonchev–Trinajstić information content (AvgIpc) is 2.73. The Hall–Kier alpha value is -2.15. The maximum absolute atomic E-state index is 14.0. The number of hydrogen-bond acceptors (Lipinski definition) is 2. The minimum absolute atomic E-state index is 0.0429. The van der Waals surface area contributed by atoms with Crippen molar-refractivity contribution in [2.45, 2.75) is 38.0 Å². The number of benzene rings is 2. The lowest BCUT2D eigenvalue weighted by molar-refractivity contribution is -0.203. The van der Waals surface area contributed by atoms with Gasteiger partial charge in [0, 0.05) is 17.3 Å². The minimum Gasteiger partial charge on any atom is -0.287 e. The molecule has 1 heterocycles. The number of hydrazine groups is 1. The highest BCUT2D eigenvalue weighted by atomic mass is 19.4. The first kappa shape index (κ1) is 16.7. The van der Waals surface area contributed by atoms with Crippen LogP contribution in [0.2, 0.25) is 0 Å². The van der Waals surface area contributed by atoms with Crippen molar-refractivity contribution in [2.24, 2.45) is 0 Å². The number of carbonyl (C=O) groups excluding carboxylic acids is 1. The highest BCUT2D eigenvalue weighted by Crippen LogP contribution is 2.44. The molecule has 3 rings (SSSR count). The quantitative estimate of drug-likeness (QED) is 0.835.